The molecule has 31 heavy (non-hydrogen) atoms. The van der Waals surface area contributed by atoms with Crippen LogP contribution in [0.3, 0.4) is 0 Å². The fourth-order valence-electron chi connectivity index (χ4n) is 3.34. The Bertz CT molecular complexity index is 870. The first-order valence-corrected chi connectivity index (χ1v) is 10.7. The fraction of sp³-hybridized carbons (Fsp3) is 0.591. The molecule has 0 spiro atoms. The molecular weight excluding hydrogens is 397 g/mol. The van der Waals surface area contributed by atoms with Crippen LogP contribution in [0.4, 0.5) is 4.79 Å². The number of oxazole rings is 1. The van der Waals surface area contributed by atoms with Crippen LogP contribution in [0.2, 0.25) is 0 Å². The second-order valence-electron chi connectivity index (χ2n) is 9.14. The van der Waals surface area contributed by atoms with Crippen molar-refractivity contribution < 1.29 is 23.7 Å². The Balaban J connectivity index is 1.59. The molecule has 1 saturated carbocycles. The van der Waals surface area contributed by atoms with E-state index in [1.54, 1.807) is 32.0 Å². The van der Waals surface area contributed by atoms with Crippen molar-refractivity contribution in [1.29, 1.82) is 0 Å². The Kier molecular flexibility index (Phi) is 7.06. The lowest BCUT2D eigenvalue weighted by Gasteiger charge is -2.37. The third-order valence-corrected chi connectivity index (χ3v) is 6.27. The van der Waals surface area contributed by atoms with Gasteiger partial charge >= 0.3 is 13.6 Å². The molecule has 1 amide bonds. The average molecular weight is 429 g/mol. The molecule has 9 heteroatoms. The number of nitrogens with zero attached hydrogens (tertiary/aromatic N) is 3. The molecule has 0 atom stereocenters. The summed E-state index contributed by atoms with van der Waals surface area (Å²) in [5, 5.41) is 10.2. The molecule has 0 saturated heterocycles. The Morgan fingerprint density at radius 3 is 2.58 bits per heavy atom. The molecule has 0 aromatic carbocycles. The van der Waals surface area contributed by atoms with Crippen LogP contribution in [0, 0.1) is 0 Å². The van der Waals surface area contributed by atoms with Crippen LogP contribution >= 0.6 is 0 Å². The number of carbonyl (C=O) groups excluding carboxylic acids is 1. The van der Waals surface area contributed by atoms with Gasteiger partial charge in [-0.1, -0.05) is 18.9 Å². The highest BCUT2D eigenvalue weighted by molar-refractivity contribution is 6.46. The lowest BCUT2D eigenvalue weighted by Crippen LogP contribution is -2.49. The molecule has 1 aliphatic carbocycles. The largest absolute Gasteiger partial charge is 0.444 e. The van der Waals surface area contributed by atoms with Crippen molar-refractivity contribution in [3.05, 3.63) is 30.5 Å². The first-order chi connectivity index (χ1) is 14.6. The summed E-state index contributed by atoms with van der Waals surface area (Å²) in [4.78, 5) is 22.7. The van der Waals surface area contributed by atoms with E-state index >= 15 is 0 Å². The summed E-state index contributed by atoms with van der Waals surface area (Å²) in [5.74, 6) is 0.452. The van der Waals surface area contributed by atoms with Crippen LogP contribution in [0.25, 0.3) is 11.4 Å². The summed E-state index contributed by atoms with van der Waals surface area (Å²) in [6.07, 6.45) is 7.01. The molecule has 0 radical (unpaired) electrons. The van der Waals surface area contributed by atoms with Gasteiger partial charge in [0.1, 0.15) is 5.69 Å². The number of rotatable bonds is 8. The highest BCUT2D eigenvalue weighted by Crippen LogP contribution is 2.25. The van der Waals surface area contributed by atoms with E-state index in [4.69, 9.17) is 13.8 Å². The van der Waals surface area contributed by atoms with Crippen LogP contribution in [0.1, 0.15) is 59.1 Å². The maximum Gasteiger partial charge on any atom is 0.410 e. The quantitative estimate of drug-likeness (QED) is 0.645. The van der Waals surface area contributed by atoms with Crippen LogP contribution in [-0.4, -0.2) is 57.8 Å². The van der Waals surface area contributed by atoms with E-state index in [-0.39, 0.29) is 18.7 Å². The van der Waals surface area contributed by atoms with Gasteiger partial charge in [-0.15, -0.1) is 0 Å². The third kappa shape index (κ3) is 5.65. The number of aromatic nitrogens is 2. The standard InChI is InChI=1S/C22H32BN3O5/c1-21(2,28)22(3,4)31-23-15-10-11-17(24-12-15)19-18(30-14-25-19)13-29-20(27)26(5)16-8-6-7-9-16/h10-12,14,16,23,28H,6-9,13H2,1-5H3. The minimum Gasteiger partial charge on any atom is -0.444 e. The zero-order chi connectivity index (χ0) is 22.6. The first kappa shape index (κ1) is 23.3. The predicted molar refractivity (Wildman–Crippen MR) is 118 cm³/mol. The van der Waals surface area contributed by atoms with E-state index in [0.29, 0.717) is 24.6 Å². The van der Waals surface area contributed by atoms with Crippen molar-refractivity contribution in [1.82, 2.24) is 14.9 Å². The molecule has 0 unspecified atom stereocenters. The van der Waals surface area contributed by atoms with Gasteiger partial charge in [0.2, 0.25) is 0 Å². The molecule has 2 heterocycles. The zero-order valence-electron chi connectivity index (χ0n) is 19.1. The Morgan fingerprint density at radius 1 is 1.26 bits per heavy atom. The molecule has 0 aliphatic heterocycles. The van der Waals surface area contributed by atoms with Crippen molar-refractivity contribution in [2.45, 2.75) is 77.2 Å². The summed E-state index contributed by atoms with van der Waals surface area (Å²) in [6.45, 7) is 7.14. The smallest absolute Gasteiger partial charge is 0.410 e. The lowest BCUT2D eigenvalue weighted by molar-refractivity contribution is -0.0893. The number of carbonyl (C=O) groups is 1. The van der Waals surface area contributed by atoms with Gasteiger partial charge in [0.25, 0.3) is 0 Å². The minimum atomic E-state index is -0.973. The Hall–Kier alpha value is -2.39. The van der Waals surface area contributed by atoms with Crippen molar-refractivity contribution in [2.24, 2.45) is 0 Å². The number of hydrogen-bond acceptors (Lipinski definition) is 7. The van der Waals surface area contributed by atoms with Gasteiger partial charge in [-0.2, -0.15) is 0 Å². The molecule has 2 aromatic rings. The maximum atomic E-state index is 12.3. The molecule has 2 aromatic heterocycles. The predicted octanol–water partition coefficient (Wildman–Crippen LogP) is 2.79. The molecule has 8 nitrogen and oxygen atoms in total. The summed E-state index contributed by atoms with van der Waals surface area (Å²) < 4.78 is 16.7. The van der Waals surface area contributed by atoms with Gasteiger partial charge < -0.3 is 23.8 Å². The molecule has 1 aliphatic rings. The van der Waals surface area contributed by atoms with Crippen LogP contribution in [-0.2, 0) is 16.0 Å². The SMILES string of the molecule is CN(C(=O)OCc1ocnc1-c1ccc(BOC(C)(C)C(C)(C)O)cn1)C1CCCC1. The average Bonchev–Trinajstić information content (AvgIpc) is 3.41. The monoisotopic (exact) mass is 429 g/mol. The van der Waals surface area contributed by atoms with E-state index in [1.807, 2.05) is 26.0 Å². The van der Waals surface area contributed by atoms with Crippen molar-refractivity contribution in [3.63, 3.8) is 0 Å². The van der Waals surface area contributed by atoms with Crippen molar-refractivity contribution in [3.8, 4) is 11.4 Å². The molecule has 3 rings (SSSR count). The number of pyridine rings is 1. The Morgan fingerprint density at radius 2 is 1.97 bits per heavy atom. The van der Waals surface area contributed by atoms with Crippen molar-refractivity contribution >= 4 is 19.0 Å². The molecule has 1 N–H and O–H groups in total. The van der Waals surface area contributed by atoms with Gasteiger partial charge in [0, 0.05) is 19.3 Å². The van der Waals surface area contributed by atoms with E-state index in [9.17, 15) is 9.90 Å². The van der Waals surface area contributed by atoms with Gasteiger partial charge in [-0.3, -0.25) is 4.98 Å². The molecule has 168 valence electrons. The van der Waals surface area contributed by atoms with Gasteiger partial charge in [-0.05, 0) is 52.1 Å². The van der Waals surface area contributed by atoms with Crippen LogP contribution in [0.5, 0.6) is 0 Å². The maximum absolute atomic E-state index is 12.3. The minimum absolute atomic E-state index is 0.00244. The normalized spacial score (nSPS) is 15.2. The Labute approximate surface area is 184 Å². The van der Waals surface area contributed by atoms with E-state index < -0.39 is 11.2 Å². The molecule has 0 bridgehead atoms. The summed E-state index contributed by atoms with van der Waals surface area (Å²) in [5.41, 5.74) is 0.352. The third-order valence-electron chi connectivity index (χ3n) is 6.27. The second-order valence-corrected chi connectivity index (χ2v) is 9.14. The van der Waals surface area contributed by atoms with Crippen molar-refractivity contribution in [2.75, 3.05) is 7.05 Å². The van der Waals surface area contributed by atoms with Crippen LogP contribution in [0.15, 0.2) is 29.1 Å². The first-order valence-electron chi connectivity index (χ1n) is 10.7. The van der Waals surface area contributed by atoms with Gasteiger partial charge in [0.05, 0.1) is 16.9 Å². The zero-order valence-corrected chi connectivity index (χ0v) is 19.1. The fourth-order valence-corrected chi connectivity index (χ4v) is 3.34. The molecule has 1 fully saturated rings. The number of hydrogen-bond donors (Lipinski definition) is 1. The highest BCUT2D eigenvalue weighted by Gasteiger charge is 2.35. The lowest BCUT2D eigenvalue weighted by atomic mass is 9.83. The number of aliphatic hydroxyl groups is 1. The summed E-state index contributed by atoms with van der Waals surface area (Å²) >= 11 is 0. The molecular formula is C22H32BN3O5. The highest BCUT2D eigenvalue weighted by atomic mass is 16.6. The van der Waals surface area contributed by atoms with E-state index in [2.05, 4.69) is 9.97 Å². The van der Waals surface area contributed by atoms with E-state index in [0.717, 1.165) is 31.1 Å². The van der Waals surface area contributed by atoms with E-state index in [1.165, 1.54) is 6.39 Å². The number of ether oxygens (including phenoxy) is 1. The van der Waals surface area contributed by atoms with Gasteiger partial charge in [0.15, 0.2) is 18.8 Å². The summed E-state index contributed by atoms with van der Waals surface area (Å²) in [7, 11) is 2.10. The second kappa shape index (κ2) is 9.40. The van der Waals surface area contributed by atoms with Gasteiger partial charge in [-0.25, -0.2) is 9.78 Å². The number of amides is 1. The summed E-state index contributed by atoms with van der Waals surface area (Å²) in [6, 6.07) is 3.96. The topological polar surface area (TPSA) is 97.9 Å². The van der Waals surface area contributed by atoms with Crippen LogP contribution < -0.4 is 5.46 Å².